The zero-order valence-electron chi connectivity index (χ0n) is 13.8. The van der Waals surface area contributed by atoms with Gasteiger partial charge in [0.15, 0.2) is 0 Å². The summed E-state index contributed by atoms with van der Waals surface area (Å²) in [6.45, 7) is 4.74. The molecule has 1 N–H and O–H groups in total. The zero-order chi connectivity index (χ0) is 14.7. The molecular weight excluding hydrogens is 254 g/mol. The highest BCUT2D eigenvalue weighted by Gasteiger charge is 2.21. The Hall–Kier alpha value is -0.820. The molecule has 0 spiro atoms. The van der Waals surface area contributed by atoms with Gasteiger partial charge in [-0.2, -0.15) is 0 Å². The highest BCUT2D eigenvalue weighted by molar-refractivity contribution is 5.36. The number of rotatable bonds is 4. The van der Waals surface area contributed by atoms with Gasteiger partial charge in [0, 0.05) is 12.1 Å². The molecule has 1 saturated carbocycles. The third-order valence-electron chi connectivity index (χ3n) is 5.74. The molecule has 0 amide bonds. The topological polar surface area (TPSA) is 12.0 Å². The molecule has 0 radical (unpaired) electrons. The second-order valence-corrected chi connectivity index (χ2v) is 7.31. The van der Waals surface area contributed by atoms with Crippen molar-refractivity contribution in [2.75, 3.05) is 0 Å². The molecule has 0 saturated heterocycles. The van der Waals surface area contributed by atoms with Crippen molar-refractivity contribution in [1.82, 2.24) is 5.32 Å². The summed E-state index contributed by atoms with van der Waals surface area (Å²) in [6.07, 6.45) is 12.5. The van der Waals surface area contributed by atoms with Crippen molar-refractivity contribution < 1.29 is 0 Å². The van der Waals surface area contributed by atoms with Crippen LogP contribution in [0.1, 0.15) is 81.5 Å². The number of benzene rings is 1. The molecule has 1 unspecified atom stereocenters. The predicted molar refractivity (Wildman–Crippen MR) is 90.7 cm³/mol. The minimum atomic E-state index is 0.481. The van der Waals surface area contributed by atoms with Gasteiger partial charge in [0.25, 0.3) is 0 Å². The molecule has 1 fully saturated rings. The van der Waals surface area contributed by atoms with Crippen LogP contribution in [0.25, 0.3) is 0 Å². The second-order valence-electron chi connectivity index (χ2n) is 7.31. The fourth-order valence-corrected chi connectivity index (χ4v) is 4.30. The average Bonchev–Trinajstić information content (AvgIpc) is 2.78. The second kappa shape index (κ2) is 6.96. The van der Waals surface area contributed by atoms with Gasteiger partial charge >= 0.3 is 0 Å². The highest BCUT2D eigenvalue weighted by Crippen LogP contribution is 2.28. The van der Waals surface area contributed by atoms with Crippen LogP contribution < -0.4 is 5.32 Å². The molecule has 1 aromatic carbocycles. The summed E-state index contributed by atoms with van der Waals surface area (Å²) >= 11 is 0. The van der Waals surface area contributed by atoms with Crippen LogP contribution in [-0.2, 0) is 12.8 Å². The first kappa shape index (κ1) is 15.1. The smallest absolute Gasteiger partial charge is 0.0294 e. The number of fused-ring (bicyclic) bond motifs is 1. The highest BCUT2D eigenvalue weighted by atomic mass is 14.9. The van der Waals surface area contributed by atoms with Crippen molar-refractivity contribution in [3.8, 4) is 0 Å². The first-order valence-corrected chi connectivity index (χ1v) is 9.12. The Morgan fingerprint density at radius 2 is 1.62 bits per heavy atom. The Bertz CT molecular complexity index is 457. The Morgan fingerprint density at radius 3 is 2.38 bits per heavy atom. The number of aryl methyl sites for hydroxylation is 2. The fourth-order valence-electron chi connectivity index (χ4n) is 4.30. The van der Waals surface area contributed by atoms with Crippen molar-refractivity contribution in [3.63, 3.8) is 0 Å². The van der Waals surface area contributed by atoms with E-state index in [9.17, 15) is 0 Å². The molecule has 1 aromatic rings. The van der Waals surface area contributed by atoms with E-state index in [-0.39, 0.29) is 0 Å². The van der Waals surface area contributed by atoms with Gasteiger partial charge in [-0.3, -0.25) is 0 Å². The lowest BCUT2D eigenvalue weighted by Crippen LogP contribution is -2.35. The molecule has 0 aliphatic heterocycles. The van der Waals surface area contributed by atoms with Crippen molar-refractivity contribution in [2.24, 2.45) is 5.92 Å². The van der Waals surface area contributed by atoms with E-state index >= 15 is 0 Å². The standard InChI is InChI=1S/C20H31N/c1-15(17-8-5-3-4-6-9-17)21-16(2)19-13-12-18-10-7-11-20(18)14-19/h12-17,21H,3-11H2,1-2H3/t15-,16?/m0/s1. The van der Waals surface area contributed by atoms with Gasteiger partial charge in [0.05, 0.1) is 0 Å². The van der Waals surface area contributed by atoms with Crippen LogP contribution in [0.5, 0.6) is 0 Å². The van der Waals surface area contributed by atoms with Gasteiger partial charge in [0.1, 0.15) is 0 Å². The van der Waals surface area contributed by atoms with Crippen LogP contribution in [0.2, 0.25) is 0 Å². The monoisotopic (exact) mass is 285 g/mol. The minimum absolute atomic E-state index is 0.481. The molecule has 21 heavy (non-hydrogen) atoms. The van der Waals surface area contributed by atoms with Crippen molar-refractivity contribution in [1.29, 1.82) is 0 Å². The molecule has 0 bridgehead atoms. The van der Waals surface area contributed by atoms with E-state index < -0.39 is 0 Å². The van der Waals surface area contributed by atoms with Gasteiger partial charge < -0.3 is 5.32 Å². The quantitative estimate of drug-likeness (QED) is 0.751. The lowest BCUT2D eigenvalue weighted by molar-refractivity contribution is 0.316. The van der Waals surface area contributed by atoms with Crippen LogP contribution in [0, 0.1) is 5.92 Å². The summed E-state index contributed by atoms with van der Waals surface area (Å²) in [5, 5.41) is 3.88. The first-order chi connectivity index (χ1) is 10.2. The summed E-state index contributed by atoms with van der Waals surface area (Å²) in [5.41, 5.74) is 4.67. The number of hydrogen-bond donors (Lipinski definition) is 1. The Morgan fingerprint density at radius 1 is 0.905 bits per heavy atom. The van der Waals surface area contributed by atoms with E-state index in [2.05, 4.69) is 37.4 Å². The van der Waals surface area contributed by atoms with Gasteiger partial charge in [-0.1, -0.05) is 43.9 Å². The third kappa shape index (κ3) is 3.69. The number of nitrogens with one attached hydrogen (secondary N) is 1. The van der Waals surface area contributed by atoms with E-state index in [0.29, 0.717) is 12.1 Å². The molecule has 0 heterocycles. The van der Waals surface area contributed by atoms with Crippen LogP contribution in [0.3, 0.4) is 0 Å². The fraction of sp³-hybridized carbons (Fsp3) is 0.700. The Kier molecular flexibility index (Phi) is 5.00. The van der Waals surface area contributed by atoms with Crippen LogP contribution in [-0.4, -0.2) is 6.04 Å². The molecule has 0 aromatic heterocycles. The Balaban J connectivity index is 1.61. The van der Waals surface area contributed by atoms with E-state index in [1.54, 1.807) is 11.1 Å². The van der Waals surface area contributed by atoms with E-state index in [4.69, 9.17) is 0 Å². The van der Waals surface area contributed by atoms with Crippen LogP contribution in [0.4, 0.5) is 0 Å². The molecule has 2 aliphatic carbocycles. The predicted octanol–water partition coefficient (Wildman–Crippen LogP) is 5.18. The summed E-state index contributed by atoms with van der Waals surface area (Å²) < 4.78 is 0. The molecule has 1 nitrogen and oxygen atoms in total. The third-order valence-corrected chi connectivity index (χ3v) is 5.74. The van der Waals surface area contributed by atoms with E-state index in [1.807, 2.05) is 0 Å². The molecule has 2 atom stereocenters. The number of hydrogen-bond acceptors (Lipinski definition) is 1. The van der Waals surface area contributed by atoms with Gasteiger partial charge in [-0.25, -0.2) is 0 Å². The van der Waals surface area contributed by atoms with Crippen molar-refractivity contribution >= 4 is 0 Å². The molecule has 1 heteroatoms. The van der Waals surface area contributed by atoms with Crippen molar-refractivity contribution in [2.45, 2.75) is 83.7 Å². The van der Waals surface area contributed by atoms with E-state index in [1.165, 1.54) is 63.4 Å². The maximum absolute atomic E-state index is 3.88. The summed E-state index contributed by atoms with van der Waals surface area (Å²) in [5.74, 6) is 0.879. The molecule has 2 aliphatic rings. The Labute approximate surface area is 130 Å². The first-order valence-electron chi connectivity index (χ1n) is 9.12. The maximum atomic E-state index is 3.88. The average molecular weight is 285 g/mol. The molecule has 116 valence electrons. The molecular formula is C20H31N. The molecule has 3 rings (SSSR count). The normalized spacial score (nSPS) is 22.6. The maximum Gasteiger partial charge on any atom is 0.0294 e. The largest absolute Gasteiger partial charge is 0.307 e. The van der Waals surface area contributed by atoms with Crippen molar-refractivity contribution in [3.05, 3.63) is 34.9 Å². The lowest BCUT2D eigenvalue weighted by atomic mass is 9.91. The van der Waals surface area contributed by atoms with Gasteiger partial charge in [-0.05, 0) is 68.6 Å². The van der Waals surface area contributed by atoms with E-state index in [0.717, 1.165) is 5.92 Å². The lowest BCUT2D eigenvalue weighted by Gasteiger charge is -2.27. The zero-order valence-corrected chi connectivity index (χ0v) is 13.8. The van der Waals surface area contributed by atoms with Crippen LogP contribution in [0.15, 0.2) is 18.2 Å². The van der Waals surface area contributed by atoms with Gasteiger partial charge in [0.2, 0.25) is 0 Å². The van der Waals surface area contributed by atoms with Crippen LogP contribution >= 0.6 is 0 Å². The summed E-state index contributed by atoms with van der Waals surface area (Å²) in [4.78, 5) is 0. The summed E-state index contributed by atoms with van der Waals surface area (Å²) in [7, 11) is 0. The summed E-state index contributed by atoms with van der Waals surface area (Å²) in [6, 6.07) is 8.30. The SMILES string of the molecule is CC(N[C@@H](C)C1CCCCCC1)c1ccc2c(c1)CCC2. The minimum Gasteiger partial charge on any atom is -0.307 e. The van der Waals surface area contributed by atoms with Gasteiger partial charge in [-0.15, -0.1) is 0 Å².